The average Bonchev–Trinajstić information content (AvgIpc) is 2.20. The second-order valence-electron chi connectivity index (χ2n) is 3.71. The second-order valence-corrected chi connectivity index (χ2v) is 3.71. The third-order valence-corrected chi connectivity index (χ3v) is 2.56. The van der Waals surface area contributed by atoms with Crippen LogP contribution < -0.4 is 5.73 Å². The quantitative estimate of drug-likeness (QED) is 0.765. The molecule has 0 aliphatic rings. The van der Waals surface area contributed by atoms with Gasteiger partial charge in [-0.05, 0) is 37.1 Å². The van der Waals surface area contributed by atoms with E-state index in [1.807, 2.05) is 18.2 Å². The van der Waals surface area contributed by atoms with Gasteiger partial charge in [0.1, 0.15) is 0 Å². The maximum Gasteiger partial charge on any atom is 0.0936 e. The summed E-state index contributed by atoms with van der Waals surface area (Å²) < 4.78 is 0. The van der Waals surface area contributed by atoms with E-state index in [1.54, 1.807) is 6.20 Å². The standard InChI is InChI=1S/C13H14N2/c1-9-5-3-6-10(2)12(9)13-11(14)7-4-8-15-13/h3-8H,14H2,1-2H3. The van der Waals surface area contributed by atoms with E-state index in [1.165, 1.54) is 11.1 Å². The summed E-state index contributed by atoms with van der Waals surface area (Å²) >= 11 is 0. The number of rotatable bonds is 1. The molecule has 0 amide bonds. The molecule has 2 rings (SSSR count). The van der Waals surface area contributed by atoms with Gasteiger partial charge < -0.3 is 5.73 Å². The van der Waals surface area contributed by atoms with Crippen LogP contribution in [0.5, 0.6) is 0 Å². The molecular weight excluding hydrogens is 184 g/mol. The lowest BCUT2D eigenvalue weighted by Crippen LogP contribution is -1.96. The Kier molecular flexibility index (Phi) is 2.42. The first kappa shape index (κ1) is 9.71. The van der Waals surface area contributed by atoms with Crippen LogP contribution in [0.3, 0.4) is 0 Å². The summed E-state index contributed by atoms with van der Waals surface area (Å²) in [5, 5.41) is 0. The molecule has 2 heteroatoms. The zero-order valence-corrected chi connectivity index (χ0v) is 8.99. The monoisotopic (exact) mass is 198 g/mol. The lowest BCUT2D eigenvalue weighted by molar-refractivity contribution is 1.28. The highest BCUT2D eigenvalue weighted by Gasteiger charge is 2.08. The highest BCUT2D eigenvalue weighted by molar-refractivity contribution is 5.76. The van der Waals surface area contributed by atoms with Crippen LogP contribution in [-0.4, -0.2) is 4.98 Å². The predicted molar refractivity (Wildman–Crippen MR) is 63.6 cm³/mol. The van der Waals surface area contributed by atoms with E-state index in [0.29, 0.717) is 0 Å². The number of anilines is 1. The minimum absolute atomic E-state index is 0.731. The average molecular weight is 198 g/mol. The molecule has 2 nitrogen and oxygen atoms in total. The second kappa shape index (κ2) is 3.73. The topological polar surface area (TPSA) is 38.9 Å². The van der Waals surface area contributed by atoms with E-state index >= 15 is 0 Å². The van der Waals surface area contributed by atoms with Gasteiger partial charge in [0.05, 0.1) is 11.4 Å². The van der Waals surface area contributed by atoms with Crippen LogP contribution in [0.1, 0.15) is 11.1 Å². The molecule has 0 aliphatic heterocycles. The number of aromatic nitrogens is 1. The summed E-state index contributed by atoms with van der Waals surface area (Å²) in [5.41, 5.74) is 11.1. The highest BCUT2D eigenvalue weighted by atomic mass is 14.7. The molecule has 1 aromatic carbocycles. The van der Waals surface area contributed by atoms with Crippen LogP contribution in [0.15, 0.2) is 36.5 Å². The van der Waals surface area contributed by atoms with Crippen LogP contribution in [0, 0.1) is 13.8 Å². The van der Waals surface area contributed by atoms with Gasteiger partial charge in [-0.2, -0.15) is 0 Å². The summed E-state index contributed by atoms with van der Waals surface area (Å²) in [4.78, 5) is 4.35. The smallest absolute Gasteiger partial charge is 0.0936 e. The molecule has 0 fully saturated rings. The first-order chi connectivity index (χ1) is 7.20. The number of hydrogen-bond donors (Lipinski definition) is 1. The molecular formula is C13H14N2. The minimum atomic E-state index is 0.731. The molecule has 1 aromatic heterocycles. The number of aryl methyl sites for hydroxylation is 2. The van der Waals surface area contributed by atoms with Gasteiger partial charge in [-0.3, -0.25) is 4.98 Å². The van der Waals surface area contributed by atoms with Crippen LogP contribution in [0.4, 0.5) is 5.69 Å². The van der Waals surface area contributed by atoms with Crippen molar-refractivity contribution in [1.82, 2.24) is 4.98 Å². The number of nitrogens with two attached hydrogens (primary N) is 1. The summed E-state index contributed by atoms with van der Waals surface area (Å²) in [6, 6.07) is 9.95. The van der Waals surface area contributed by atoms with Gasteiger partial charge in [0.2, 0.25) is 0 Å². The molecule has 0 atom stereocenters. The largest absolute Gasteiger partial charge is 0.397 e. The van der Waals surface area contributed by atoms with Gasteiger partial charge >= 0.3 is 0 Å². The third-order valence-electron chi connectivity index (χ3n) is 2.56. The summed E-state index contributed by atoms with van der Waals surface area (Å²) in [7, 11) is 0. The van der Waals surface area contributed by atoms with Crippen LogP contribution in [-0.2, 0) is 0 Å². The molecule has 0 spiro atoms. The predicted octanol–water partition coefficient (Wildman–Crippen LogP) is 2.95. The fourth-order valence-corrected chi connectivity index (χ4v) is 1.81. The lowest BCUT2D eigenvalue weighted by atomic mass is 9.99. The maximum absolute atomic E-state index is 5.93. The van der Waals surface area contributed by atoms with Gasteiger partial charge in [0.25, 0.3) is 0 Å². The van der Waals surface area contributed by atoms with Crippen LogP contribution in [0.2, 0.25) is 0 Å². The molecule has 2 aromatic rings. The molecule has 1 heterocycles. The number of benzene rings is 1. The molecule has 2 N–H and O–H groups in total. The van der Waals surface area contributed by atoms with Crippen molar-refractivity contribution in [2.45, 2.75) is 13.8 Å². The zero-order valence-electron chi connectivity index (χ0n) is 8.99. The van der Waals surface area contributed by atoms with E-state index in [-0.39, 0.29) is 0 Å². The van der Waals surface area contributed by atoms with E-state index in [4.69, 9.17) is 5.73 Å². The summed E-state index contributed by atoms with van der Waals surface area (Å²) in [5.74, 6) is 0. The fourth-order valence-electron chi connectivity index (χ4n) is 1.81. The number of nitrogen functional groups attached to an aromatic ring is 1. The van der Waals surface area contributed by atoms with Crippen molar-refractivity contribution in [3.63, 3.8) is 0 Å². The molecule has 0 radical (unpaired) electrons. The van der Waals surface area contributed by atoms with Gasteiger partial charge in [-0.1, -0.05) is 18.2 Å². The Morgan fingerprint density at radius 1 is 1.00 bits per heavy atom. The summed E-state index contributed by atoms with van der Waals surface area (Å²) in [6.45, 7) is 4.16. The molecule has 76 valence electrons. The van der Waals surface area contributed by atoms with Crippen molar-refractivity contribution in [3.8, 4) is 11.3 Å². The Bertz CT molecular complexity index is 469. The number of pyridine rings is 1. The van der Waals surface area contributed by atoms with Crippen molar-refractivity contribution in [2.75, 3.05) is 5.73 Å². The normalized spacial score (nSPS) is 10.3. The van der Waals surface area contributed by atoms with Crippen molar-refractivity contribution in [2.24, 2.45) is 0 Å². The van der Waals surface area contributed by atoms with Crippen molar-refractivity contribution < 1.29 is 0 Å². The maximum atomic E-state index is 5.93. The number of nitrogens with zero attached hydrogens (tertiary/aromatic N) is 1. The van der Waals surface area contributed by atoms with Crippen LogP contribution >= 0.6 is 0 Å². The summed E-state index contributed by atoms with van der Waals surface area (Å²) in [6.07, 6.45) is 1.78. The van der Waals surface area contributed by atoms with E-state index in [2.05, 4.69) is 31.0 Å². The SMILES string of the molecule is Cc1cccc(C)c1-c1ncccc1N. The first-order valence-corrected chi connectivity index (χ1v) is 4.97. The molecule has 0 saturated carbocycles. The lowest BCUT2D eigenvalue weighted by Gasteiger charge is -2.10. The Hall–Kier alpha value is -1.83. The molecule has 0 saturated heterocycles. The fraction of sp³-hybridized carbons (Fsp3) is 0.154. The molecule has 15 heavy (non-hydrogen) atoms. The van der Waals surface area contributed by atoms with E-state index in [9.17, 15) is 0 Å². The van der Waals surface area contributed by atoms with Crippen molar-refractivity contribution >= 4 is 5.69 Å². The van der Waals surface area contributed by atoms with Crippen molar-refractivity contribution in [3.05, 3.63) is 47.7 Å². The van der Waals surface area contributed by atoms with Crippen molar-refractivity contribution in [1.29, 1.82) is 0 Å². The Morgan fingerprint density at radius 2 is 1.67 bits per heavy atom. The van der Waals surface area contributed by atoms with Gasteiger partial charge in [0.15, 0.2) is 0 Å². The van der Waals surface area contributed by atoms with Gasteiger partial charge in [0, 0.05) is 11.8 Å². The molecule has 0 unspecified atom stereocenters. The van der Waals surface area contributed by atoms with Gasteiger partial charge in [-0.25, -0.2) is 0 Å². The Morgan fingerprint density at radius 3 is 2.27 bits per heavy atom. The van der Waals surface area contributed by atoms with E-state index < -0.39 is 0 Å². The minimum Gasteiger partial charge on any atom is -0.397 e. The first-order valence-electron chi connectivity index (χ1n) is 4.97. The molecule has 0 aliphatic carbocycles. The number of hydrogen-bond acceptors (Lipinski definition) is 2. The third kappa shape index (κ3) is 1.71. The van der Waals surface area contributed by atoms with Gasteiger partial charge in [-0.15, -0.1) is 0 Å². The van der Waals surface area contributed by atoms with Crippen LogP contribution in [0.25, 0.3) is 11.3 Å². The Balaban J connectivity index is 2.69. The zero-order chi connectivity index (χ0) is 10.8. The van der Waals surface area contributed by atoms with E-state index in [0.717, 1.165) is 16.9 Å². The molecule has 0 bridgehead atoms. The highest BCUT2D eigenvalue weighted by Crippen LogP contribution is 2.28. The Labute approximate surface area is 89.8 Å².